The first-order chi connectivity index (χ1) is 15.5. The Balaban J connectivity index is 1.90. The first kappa shape index (κ1) is 27.0. The van der Waals surface area contributed by atoms with Crippen LogP contribution >= 0.6 is 7.82 Å². The minimum Gasteiger partial charge on any atom is -0.490 e. The second-order valence-electron chi connectivity index (χ2n) is 10.5. The van der Waals surface area contributed by atoms with Crippen molar-refractivity contribution in [3.63, 3.8) is 0 Å². The summed E-state index contributed by atoms with van der Waals surface area (Å²) in [5.74, 6) is 0.330. The van der Waals surface area contributed by atoms with E-state index in [9.17, 15) is 17.7 Å². The first-order valence-corrected chi connectivity index (χ1v) is 12.8. The predicted octanol–water partition coefficient (Wildman–Crippen LogP) is 6.13. The lowest BCUT2D eigenvalue weighted by atomic mass is 9.72. The van der Waals surface area contributed by atoms with Crippen LogP contribution in [0.3, 0.4) is 0 Å². The molecule has 0 aliphatic heterocycles. The van der Waals surface area contributed by atoms with E-state index in [0.29, 0.717) is 29.7 Å². The fraction of sp³-hybridized carbons (Fsp3) is 0.583. The van der Waals surface area contributed by atoms with Gasteiger partial charge in [0, 0.05) is 0 Å². The molecule has 10 heteroatoms. The summed E-state index contributed by atoms with van der Waals surface area (Å²) in [7, 11) is -4.74. The molecule has 0 heterocycles. The Bertz CT molecular complexity index is 1070. The van der Waals surface area contributed by atoms with Gasteiger partial charge in [-0.2, -0.15) is 13.2 Å². The number of halogens is 3. The lowest BCUT2D eigenvalue weighted by Gasteiger charge is -2.37. The van der Waals surface area contributed by atoms with E-state index in [0.717, 1.165) is 12.8 Å². The van der Waals surface area contributed by atoms with Gasteiger partial charge in [-0.05, 0) is 72.4 Å². The molecule has 0 amide bonds. The second-order valence-corrected chi connectivity index (χ2v) is 11.8. The van der Waals surface area contributed by atoms with Crippen molar-refractivity contribution in [2.45, 2.75) is 71.2 Å². The molecule has 1 aliphatic carbocycles. The lowest BCUT2D eigenvalue weighted by Crippen LogP contribution is -2.37. The first-order valence-electron chi connectivity index (χ1n) is 11.3. The normalized spacial score (nSPS) is 21.9. The van der Waals surface area contributed by atoms with E-state index in [1.807, 2.05) is 0 Å². The number of nitrogens with two attached hydrogens (primary N) is 1. The lowest BCUT2D eigenvalue weighted by molar-refractivity contribution is -0.138. The van der Waals surface area contributed by atoms with E-state index in [4.69, 9.17) is 20.3 Å². The molecule has 1 fully saturated rings. The highest BCUT2D eigenvalue weighted by Crippen LogP contribution is 2.45. The van der Waals surface area contributed by atoms with Crippen LogP contribution in [0.25, 0.3) is 10.8 Å². The molecular formula is C24H33F3NO5P. The minimum atomic E-state index is -4.74. The Morgan fingerprint density at radius 2 is 1.65 bits per heavy atom. The molecule has 1 saturated carbocycles. The van der Waals surface area contributed by atoms with Crippen LogP contribution in [0.1, 0.15) is 64.5 Å². The molecule has 0 spiro atoms. The molecule has 6 nitrogen and oxygen atoms in total. The summed E-state index contributed by atoms with van der Waals surface area (Å²) in [6, 6.07) is 7.10. The van der Waals surface area contributed by atoms with Crippen molar-refractivity contribution in [1.82, 2.24) is 0 Å². The maximum absolute atomic E-state index is 14.1. The third kappa shape index (κ3) is 6.52. The zero-order chi connectivity index (χ0) is 25.5. The maximum Gasteiger partial charge on any atom is 0.469 e. The number of alkyl halides is 3. The minimum absolute atomic E-state index is 0.0242. The maximum atomic E-state index is 14.1. The van der Waals surface area contributed by atoms with Gasteiger partial charge >= 0.3 is 14.0 Å². The summed E-state index contributed by atoms with van der Waals surface area (Å²) in [5, 5.41) is 0.269. The Labute approximate surface area is 197 Å². The van der Waals surface area contributed by atoms with Gasteiger partial charge in [0.25, 0.3) is 0 Å². The van der Waals surface area contributed by atoms with E-state index in [1.54, 1.807) is 6.07 Å². The molecule has 1 aliphatic rings. The van der Waals surface area contributed by atoms with Crippen molar-refractivity contribution in [2.24, 2.45) is 17.1 Å². The molecule has 0 radical (unpaired) electrons. The highest BCUT2D eigenvalue weighted by molar-refractivity contribution is 7.46. The van der Waals surface area contributed by atoms with Crippen LogP contribution in [0.15, 0.2) is 30.3 Å². The number of phosphoric ester groups is 1. The number of hydrogen-bond donors (Lipinski definition) is 3. The Morgan fingerprint density at radius 1 is 1.03 bits per heavy atom. The number of rotatable bonds is 6. The van der Waals surface area contributed by atoms with Gasteiger partial charge < -0.3 is 20.3 Å². The smallest absolute Gasteiger partial charge is 0.469 e. The predicted molar refractivity (Wildman–Crippen MR) is 124 cm³/mol. The van der Waals surface area contributed by atoms with Gasteiger partial charge in [-0.25, -0.2) is 4.57 Å². The van der Waals surface area contributed by atoms with Crippen LogP contribution in [-0.2, 0) is 20.8 Å². The van der Waals surface area contributed by atoms with Crippen molar-refractivity contribution in [2.75, 3.05) is 6.61 Å². The van der Waals surface area contributed by atoms with Crippen molar-refractivity contribution in [1.29, 1.82) is 0 Å². The largest absolute Gasteiger partial charge is 0.490 e. The monoisotopic (exact) mass is 503 g/mol. The van der Waals surface area contributed by atoms with Gasteiger partial charge in [-0.1, -0.05) is 39.0 Å². The molecule has 0 bridgehead atoms. The summed E-state index contributed by atoms with van der Waals surface area (Å²) < 4.78 is 63.8. The summed E-state index contributed by atoms with van der Waals surface area (Å²) in [4.78, 5) is 17.9. The van der Waals surface area contributed by atoms with Gasteiger partial charge in [-0.15, -0.1) is 0 Å². The van der Waals surface area contributed by atoms with Gasteiger partial charge in [0.2, 0.25) is 0 Å². The van der Waals surface area contributed by atoms with Crippen LogP contribution in [-0.4, -0.2) is 22.5 Å². The van der Waals surface area contributed by atoms with Crippen molar-refractivity contribution >= 4 is 18.6 Å². The van der Waals surface area contributed by atoms with Gasteiger partial charge in [-0.3, -0.25) is 4.52 Å². The SMILES string of the molecule is CC(C)(C)C1CCC(Oc2ccc3cc([C@@](C)(N)COP(=O)(O)O)ccc3c2C(F)(F)F)CC1. The molecule has 3 rings (SSSR count). The Morgan fingerprint density at radius 3 is 2.18 bits per heavy atom. The molecule has 0 saturated heterocycles. The number of hydrogen-bond acceptors (Lipinski definition) is 4. The molecule has 34 heavy (non-hydrogen) atoms. The van der Waals surface area contributed by atoms with Crippen molar-refractivity contribution < 1.29 is 36.8 Å². The average molecular weight is 503 g/mol. The number of phosphoric acid groups is 1. The number of fused-ring (bicyclic) bond motifs is 1. The highest BCUT2D eigenvalue weighted by Gasteiger charge is 2.38. The van der Waals surface area contributed by atoms with Crippen LogP contribution in [0.5, 0.6) is 5.75 Å². The van der Waals surface area contributed by atoms with Gasteiger partial charge in [0.15, 0.2) is 0 Å². The van der Waals surface area contributed by atoms with E-state index >= 15 is 0 Å². The second kappa shape index (κ2) is 9.43. The highest BCUT2D eigenvalue weighted by atomic mass is 31.2. The number of benzene rings is 2. The molecule has 2 aromatic carbocycles. The third-order valence-corrected chi connectivity index (χ3v) is 7.12. The fourth-order valence-electron chi connectivity index (χ4n) is 4.58. The van der Waals surface area contributed by atoms with Crippen molar-refractivity contribution in [3.05, 3.63) is 41.5 Å². The molecule has 4 N–H and O–H groups in total. The van der Waals surface area contributed by atoms with E-state index < -0.39 is 31.7 Å². The Kier molecular flexibility index (Phi) is 7.48. The van der Waals surface area contributed by atoms with Crippen LogP contribution in [0.2, 0.25) is 0 Å². The molecule has 1 atom stereocenters. The summed E-state index contributed by atoms with van der Waals surface area (Å²) in [6.45, 7) is 7.53. The molecule has 2 aromatic rings. The van der Waals surface area contributed by atoms with Gasteiger partial charge in [0.05, 0.1) is 18.2 Å². The van der Waals surface area contributed by atoms with Crippen LogP contribution < -0.4 is 10.5 Å². The van der Waals surface area contributed by atoms with E-state index in [2.05, 4.69) is 25.3 Å². The molecule has 0 aromatic heterocycles. The van der Waals surface area contributed by atoms with Gasteiger partial charge in [0.1, 0.15) is 11.3 Å². The zero-order valence-electron chi connectivity index (χ0n) is 19.9. The van der Waals surface area contributed by atoms with Crippen LogP contribution in [0.4, 0.5) is 13.2 Å². The molecule has 0 unspecified atom stereocenters. The zero-order valence-corrected chi connectivity index (χ0v) is 20.7. The summed E-state index contributed by atoms with van der Waals surface area (Å²) >= 11 is 0. The third-order valence-electron chi connectivity index (χ3n) is 6.65. The average Bonchev–Trinajstić information content (AvgIpc) is 2.70. The summed E-state index contributed by atoms with van der Waals surface area (Å²) in [6.07, 6.45) is -1.65. The van der Waals surface area contributed by atoms with Crippen LogP contribution in [0, 0.1) is 11.3 Å². The van der Waals surface area contributed by atoms with E-state index in [-0.39, 0.29) is 22.7 Å². The summed E-state index contributed by atoms with van der Waals surface area (Å²) in [5.41, 5.74) is 4.53. The number of ether oxygens (including phenoxy) is 1. The molecular weight excluding hydrogens is 470 g/mol. The van der Waals surface area contributed by atoms with E-state index in [1.165, 1.54) is 31.2 Å². The van der Waals surface area contributed by atoms with Crippen molar-refractivity contribution in [3.8, 4) is 5.75 Å². The Hall–Kier alpha value is -1.64. The quantitative estimate of drug-likeness (QED) is 0.410. The molecule has 190 valence electrons. The standard InChI is InChI=1S/C24H33F3NO5P/c1-22(2,3)16-6-9-18(10-7-16)33-20-12-5-15-13-17(23(4,28)14-32-34(29,30)31)8-11-19(15)21(20)24(25,26)27/h5,8,11-13,16,18H,6-7,9-10,14,28H2,1-4H3,(H2,29,30,31)/t16?,18?,23-/m0/s1. The topological polar surface area (TPSA) is 102 Å². The fourth-order valence-corrected chi connectivity index (χ4v) is 5.02.